The highest BCUT2D eigenvalue weighted by Gasteiger charge is 2.08. The Morgan fingerprint density at radius 3 is 2.29 bits per heavy atom. The number of piperidine rings is 1. The molecule has 0 aromatic rings. The highest BCUT2D eigenvalue weighted by atomic mass is 15.1. The van der Waals surface area contributed by atoms with Gasteiger partial charge < -0.3 is 4.90 Å². The predicted octanol–water partition coefficient (Wildman–Crippen LogP) is 3.69. The Labute approximate surface area is 89.9 Å². The summed E-state index contributed by atoms with van der Waals surface area (Å²) in [6.07, 6.45) is 10.1. The summed E-state index contributed by atoms with van der Waals surface area (Å²) in [7, 11) is 0. The van der Waals surface area contributed by atoms with Gasteiger partial charge in [-0.25, -0.2) is 0 Å². The van der Waals surface area contributed by atoms with Crippen molar-refractivity contribution in [3.8, 4) is 0 Å². The molecule has 84 valence electrons. The summed E-state index contributed by atoms with van der Waals surface area (Å²) < 4.78 is 0. The van der Waals surface area contributed by atoms with Crippen LogP contribution in [0.3, 0.4) is 0 Å². The first-order valence-electron chi connectivity index (χ1n) is 6.51. The van der Waals surface area contributed by atoms with Crippen LogP contribution in [0.2, 0.25) is 0 Å². The molecular weight excluding hydrogens is 170 g/mol. The fourth-order valence-corrected chi connectivity index (χ4v) is 2.25. The molecule has 0 amide bonds. The van der Waals surface area contributed by atoms with Gasteiger partial charge in [-0.05, 0) is 44.8 Å². The first kappa shape index (κ1) is 12.0. The zero-order valence-corrected chi connectivity index (χ0v) is 10.1. The Kier molecular flexibility index (Phi) is 6.25. The molecule has 0 atom stereocenters. The molecule has 1 aliphatic rings. The van der Waals surface area contributed by atoms with E-state index in [1.54, 1.807) is 0 Å². The predicted molar refractivity (Wildman–Crippen MR) is 63.6 cm³/mol. The second kappa shape index (κ2) is 7.28. The van der Waals surface area contributed by atoms with Gasteiger partial charge in [0.25, 0.3) is 0 Å². The van der Waals surface area contributed by atoms with Crippen LogP contribution in [0.25, 0.3) is 0 Å². The van der Waals surface area contributed by atoms with E-state index >= 15 is 0 Å². The van der Waals surface area contributed by atoms with E-state index in [4.69, 9.17) is 0 Å². The fraction of sp³-hybridized carbons (Fsp3) is 1.00. The highest BCUT2D eigenvalue weighted by Crippen LogP contribution is 2.12. The minimum absolute atomic E-state index is 0.894. The lowest BCUT2D eigenvalue weighted by Crippen LogP contribution is -2.30. The quantitative estimate of drug-likeness (QED) is 0.587. The fourth-order valence-electron chi connectivity index (χ4n) is 2.25. The van der Waals surface area contributed by atoms with E-state index in [1.165, 1.54) is 64.6 Å². The molecular formula is C13H27N. The molecule has 0 spiro atoms. The molecule has 1 heterocycles. The van der Waals surface area contributed by atoms with Crippen molar-refractivity contribution >= 4 is 0 Å². The van der Waals surface area contributed by atoms with Gasteiger partial charge >= 0.3 is 0 Å². The summed E-state index contributed by atoms with van der Waals surface area (Å²) in [5.74, 6) is 0.894. The lowest BCUT2D eigenvalue weighted by atomic mass is 10.0. The van der Waals surface area contributed by atoms with E-state index in [2.05, 4.69) is 18.7 Å². The van der Waals surface area contributed by atoms with Crippen LogP contribution < -0.4 is 0 Å². The third kappa shape index (κ3) is 5.64. The molecule has 0 aromatic heterocycles. The first-order valence-corrected chi connectivity index (χ1v) is 6.51. The Balaban J connectivity index is 1.87. The average Bonchev–Trinajstić information content (AvgIpc) is 2.18. The number of rotatable bonds is 6. The van der Waals surface area contributed by atoms with Crippen molar-refractivity contribution in [2.45, 2.75) is 58.8 Å². The van der Waals surface area contributed by atoms with Gasteiger partial charge in [0.05, 0.1) is 0 Å². The van der Waals surface area contributed by atoms with Crippen LogP contribution in [0.4, 0.5) is 0 Å². The van der Waals surface area contributed by atoms with Gasteiger partial charge in [0.2, 0.25) is 0 Å². The third-order valence-corrected chi connectivity index (χ3v) is 3.20. The van der Waals surface area contributed by atoms with E-state index in [0.29, 0.717) is 0 Å². The lowest BCUT2D eigenvalue weighted by molar-refractivity contribution is 0.223. The molecule has 14 heavy (non-hydrogen) atoms. The molecule has 0 aromatic carbocycles. The molecule has 1 fully saturated rings. The van der Waals surface area contributed by atoms with Crippen LogP contribution in [-0.2, 0) is 0 Å². The normalized spacial score (nSPS) is 19.1. The van der Waals surface area contributed by atoms with Crippen molar-refractivity contribution in [1.29, 1.82) is 0 Å². The Morgan fingerprint density at radius 1 is 0.929 bits per heavy atom. The molecule has 0 unspecified atom stereocenters. The summed E-state index contributed by atoms with van der Waals surface area (Å²) in [6.45, 7) is 8.74. The van der Waals surface area contributed by atoms with Crippen molar-refractivity contribution in [1.82, 2.24) is 4.90 Å². The zero-order chi connectivity index (χ0) is 10.2. The number of likely N-dealkylation sites (tertiary alicyclic amines) is 1. The molecule has 1 aliphatic heterocycles. The summed E-state index contributed by atoms with van der Waals surface area (Å²) >= 11 is 0. The van der Waals surface area contributed by atoms with Crippen molar-refractivity contribution in [2.75, 3.05) is 19.6 Å². The molecule has 0 radical (unpaired) electrons. The van der Waals surface area contributed by atoms with E-state index in [9.17, 15) is 0 Å². The highest BCUT2D eigenvalue weighted by molar-refractivity contribution is 4.64. The van der Waals surface area contributed by atoms with Crippen molar-refractivity contribution in [3.05, 3.63) is 0 Å². The molecule has 1 nitrogen and oxygen atoms in total. The minimum atomic E-state index is 0.894. The van der Waals surface area contributed by atoms with Crippen molar-refractivity contribution in [3.63, 3.8) is 0 Å². The van der Waals surface area contributed by atoms with Crippen LogP contribution in [0.1, 0.15) is 58.8 Å². The maximum atomic E-state index is 2.65. The van der Waals surface area contributed by atoms with Gasteiger partial charge in [-0.3, -0.25) is 0 Å². The maximum absolute atomic E-state index is 2.65. The van der Waals surface area contributed by atoms with E-state index in [1.807, 2.05) is 0 Å². The van der Waals surface area contributed by atoms with Gasteiger partial charge in [0.15, 0.2) is 0 Å². The minimum Gasteiger partial charge on any atom is -0.303 e. The number of hydrogen-bond acceptors (Lipinski definition) is 1. The van der Waals surface area contributed by atoms with E-state index < -0.39 is 0 Å². The molecule has 0 N–H and O–H groups in total. The number of hydrogen-bond donors (Lipinski definition) is 0. The first-order chi connectivity index (χ1) is 6.79. The average molecular weight is 197 g/mol. The van der Waals surface area contributed by atoms with Crippen LogP contribution >= 0.6 is 0 Å². The smallest absolute Gasteiger partial charge is 0.00187 e. The zero-order valence-electron chi connectivity index (χ0n) is 10.1. The van der Waals surface area contributed by atoms with Crippen LogP contribution in [0.15, 0.2) is 0 Å². The van der Waals surface area contributed by atoms with E-state index in [0.717, 1.165) is 5.92 Å². The summed E-state index contributed by atoms with van der Waals surface area (Å²) in [5, 5.41) is 0. The second-order valence-corrected chi connectivity index (χ2v) is 5.15. The Hall–Kier alpha value is -0.0400. The van der Waals surface area contributed by atoms with Gasteiger partial charge in [-0.15, -0.1) is 0 Å². The Bertz CT molecular complexity index is 125. The SMILES string of the molecule is CC(C)CCCCCN1CCCCC1. The molecule has 0 bridgehead atoms. The summed E-state index contributed by atoms with van der Waals surface area (Å²) in [5.41, 5.74) is 0. The van der Waals surface area contributed by atoms with Crippen molar-refractivity contribution < 1.29 is 0 Å². The number of unbranched alkanes of at least 4 members (excludes halogenated alkanes) is 2. The third-order valence-electron chi connectivity index (χ3n) is 3.20. The maximum Gasteiger partial charge on any atom is -0.00187 e. The molecule has 1 saturated heterocycles. The lowest BCUT2D eigenvalue weighted by Gasteiger charge is -2.26. The number of nitrogens with zero attached hydrogens (tertiary/aromatic N) is 1. The largest absolute Gasteiger partial charge is 0.303 e. The standard InChI is InChI=1S/C13H27N/c1-13(2)9-5-3-6-10-14-11-7-4-8-12-14/h13H,3-12H2,1-2H3. The molecule has 0 saturated carbocycles. The molecule has 0 aliphatic carbocycles. The van der Waals surface area contributed by atoms with Crippen LogP contribution in [-0.4, -0.2) is 24.5 Å². The van der Waals surface area contributed by atoms with Gasteiger partial charge in [-0.1, -0.05) is 39.5 Å². The van der Waals surface area contributed by atoms with Crippen LogP contribution in [0.5, 0.6) is 0 Å². The second-order valence-electron chi connectivity index (χ2n) is 5.15. The van der Waals surface area contributed by atoms with Crippen LogP contribution in [0, 0.1) is 5.92 Å². The monoisotopic (exact) mass is 197 g/mol. The van der Waals surface area contributed by atoms with E-state index in [-0.39, 0.29) is 0 Å². The summed E-state index contributed by atoms with van der Waals surface area (Å²) in [6, 6.07) is 0. The summed E-state index contributed by atoms with van der Waals surface area (Å²) in [4.78, 5) is 2.65. The van der Waals surface area contributed by atoms with Gasteiger partial charge in [-0.2, -0.15) is 0 Å². The topological polar surface area (TPSA) is 3.24 Å². The Morgan fingerprint density at radius 2 is 1.64 bits per heavy atom. The molecule has 1 heteroatoms. The van der Waals surface area contributed by atoms with Crippen molar-refractivity contribution in [2.24, 2.45) is 5.92 Å². The van der Waals surface area contributed by atoms with Gasteiger partial charge in [0, 0.05) is 0 Å². The molecule has 1 rings (SSSR count). The van der Waals surface area contributed by atoms with Gasteiger partial charge in [0.1, 0.15) is 0 Å².